The Bertz CT molecular complexity index is 888. The summed E-state index contributed by atoms with van der Waals surface area (Å²) >= 11 is 6.26. The van der Waals surface area contributed by atoms with E-state index in [1.54, 1.807) is 24.3 Å². The molecule has 6 nitrogen and oxygen atoms in total. The molecule has 8 heteroatoms. The first-order valence-corrected chi connectivity index (χ1v) is 8.61. The minimum Gasteiger partial charge on any atom is -0.466 e. The van der Waals surface area contributed by atoms with Gasteiger partial charge in [-0.1, -0.05) is 23.7 Å². The molecule has 0 unspecified atom stereocenters. The van der Waals surface area contributed by atoms with Gasteiger partial charge in [0.25, 0.3) is 0 Å². The summed E-state index contributed by atoms with van der Waals surface area (Å²) in [7, 11) is 1.49. The maximum absolute atomic E-state index is 14.7. The minimum absolute atomic E-state index is 0.0368. The van der Waals surface area contributed by atoms with Crippen LogP contribution in [0.3, 0.4) is 0 Å². The fraction of sp³-hybridized carbons (Fsp3) is 0.263. The standard InChI is InChI=1S/C19H18ClFN2O4/c1-26-11-27-17-4-2-3-13(18(17)20)7-15(21)16-8-12-5-6-23(19(24)25)10-14(12)9-22-16/h2-4,7-9H,5-6,10-11H2,1H3,(H,24,25)/b15-7-. The number of ether oxygens (including phenoxy) is 2. The Kier molecular flexibility index (Phi) is 5.93. The highest BCUT2D eigenvalue weighted by Crippen LogP contribution is 2.31. The van der Waals surface area contributed by atoms with Gasteiger partial charge in [-0.3, -0.25) is 4.98 Å². The lowest BCUT2D eigenvalue weighted by atomic mass is 10.0. The predicted octanol–water partition coefficient (Wildman–Crippen LogP) is 4.22. The molecule has 1 aromatic heterocycles. The van der Waals surface area contributed by atoms with Crippen LogP contribution in [0.2, 0.25) is 5.02 Å². The van der Waals surface area contributed by atoms with Crippen molar-refractivity contribution in [2.45, 2.75) is 13.0 Å². The number of aromatic nitrogens is 1. The van der Waals surface area contributed by atoms with Crippen molar-refractivity contribution in [3.05, 3.63) is 57.9 Å². The van der Waals surface area contributed by atoms with Crippen molar-refractivity contribution in [2.24, 2.45) is 0 Å². The van der Waals surface area contributed by atoms with Gasteiger partial charge in [0.15, 0.2) is 6.79 Å². The summed E-state index contributed by atoms with van der Waals surface area (Å²) in [5, 5.41) is 9.36. The van der Waals surface area contributed by atoms with Crippen LogP contribution in [0.4, 0.5) is 9.18 Å². The molecule has 1 aromatic carbocycles. The zero-order valence-corrected chi connectivity index (χ0v) is 15.4. The average molecular weight is 393 g/mol. The summed E-state index contributed by atoms with van der Waals surface area (Å²) in [5.41, 5.74) is 2.31. The number of carbonyl (C=O) groups is 1. The van der Waals surface area contributed by atoms with Crippen LogP contribution in [0.25, 0.3) is 11.9 Å². The first kappa shape index (κ1) is 19.1. The highest BCUT2D eigenvalue weighted by atomic mass is 35.5. The Balaban J connectivity index is 1.84. The molecule has 0 radical (unpaired) electrons. The van der Waals surface area contributed by atoms with Gasteiger partial charge in [-0.15, -0.1) is 0 Å². The van der Waals surface area contributed by atoms with E-state index in [1.165, 1.54) is 24.3 Å². The fourth-order valence-corrected chi connectivity index (χ4v) is 3.05. The van der Waals surface area contributed by atoms with Gasteiger partial charge < -0.3 is 19.5 Å². The first-order chi connectivity index (χ1) is 13.0. The number of benzene rings is 1. The molecule has 1 aliphatic rings. The Labute approximate surface area is 160 Å². The molecule has 0 fully saturated rings. The van der Waals surface area contributed by atoms with E-state index in [4.69, 9.17) is 26.2 Å². The summed E-state index contributed by atoms with van der Waals surface area (Å²) in [6.45, 7) is 0.672. The first-order valence-electron chi connectivity index (χ1n) is 8.23. The summed E-state index contributed by atoms with van der Waals surface area (Å²) in [6, 6.07) is 6.70. The molecule has 2 aromatic rings. The topological polar surface area (TPSA) is 71.9 Å². The second-order valence-corrected chi connectivity index (χ2v) is 6.37. The van der Waals surface area contributed by atoms with Crippen LogP contribution in [-0.2, 0) is 17.7 Å². The maximum Gasteiger partial charge on any atom is 0.407 e. The molecule has 27 heavy (non-hydrogen) atoms. The monoisotopic (exact) mass is 392 g/mol. The zero-order valence-electron chi connectivity index (χ0n) is 14.6. The second-order valence-electron chi connectivity index (χ2n) is 5.99. The van der Waals surface area contributed by atoms with Gasteiger partial charge in [0, 0.05) is 19.9 Å². The van der Waals surface area contributed by atoms with Crippen LogP contribution in [0.5, 0.6) is 5.75 Å². The van der Waals surface area contributed by atoms with Gasteiger partial charge in [0.2, 0.25) is 0 Å². The van der Waals surface area contributed by atoms with Crippen molar-refractivity contribution in [1.29, 1.82) is 0 Å². The van der Waals surface area contributed by atoms with Gasteiger partial charge in [-0.05, 0) is 41.3 Å². The van der Waals surface area contributed by atoms with E-state index in [0.717, 1.165) is 11.1 Å². The van der Waals surface area contributed by atoms with Crippen LogP contribution < -0.4 is 4.74 Å². The molecule has 3 rings (SSSR count). The Morgan fingerprint density at radius 3 is 3.00 bits per heavy atom. The van der Waals surface area contributed by atoms with E-state index < -0.39 is 11.9 Å². The van der Waals surface area contributed by atoms with E-state index in [9.17, 15) is 9.18 Å². The quantitative estimate of drug-likeness (QED) is 0.771. The molecule has 2 heterocycles. The van der Waals surface area contributed by atoms with Crippen molar-refractivity contribution in [3.63, 3.8) is 0 Å². The normalized spacial score (nSPS) is 14.0. The van der Waals surface area contributed by atoms with E-state index in [1.807, 2.05) is 0 Å². The highest BCUT2D eigenvalue weighted by molar-refractivity contribution is 6.33. The lowest BCUT2D eigenvalue weighted by Gasteiger charge is -2.26. The number of pyridine rings is 1. The Hall–Kier alpha value is -2.64. The van der Waals surface area contributed by atoms with Gasteiger partial charge in [0.05, 0.1) is 17.3 Å². The molecule has 1 N–H and O–H groups in total. The second kappa shape index (κ2) is 8.37. The van der Waals surface area contributed by atoms with Crippen LogP contribution in [0.15, 0.2) is 30.5 Å². The summed E-state index contributed by atoms with van der Waals surface area (Å²) in [6.07, 6.45) is 2.36. The molecule has 1 aliphatic heterocycles. The highest BCUT2D eigenvalue weighted by Gasteiger charge is 2.21. The van der Waals surface area contributed by atoms with Gasteiger partial charge >= 0.3 is 6.09 Å². The van der Waals surface area contributed by atoms with Crippen molar-refractivity contribution < 1.29 is 23.8 Å². The molecule has 0 saturated carbocycles. The van der Waals surface area contributed by atoms with E-state index in [-0.39, 0.29) is 24.1 Å². The largest absolute Gasteiger partial charge is 0.466 e. The third-order valence-corrected chi connectivity index (χ3v) is 4.62. The Morgan fingerprint density at radius 2 is 2.26 bits per heavy atom. The van der Waals surface area contributed by atoms with E-state index in [2.05, 4.69) is 4.98 Å². The molecule has 1 amide bonds. The SMILES string of the molecule is COCOc1cccc(/C=C(\F)c2cc3c(cn2)CN(C(=O)O)CC3)c1Cl. The number of amides is 1. The van der Waals surface area contributed by atoms with Gasteiger partial charge in [0.1, 0.15) is 11.6 Å². The van der Waals surface area contributed by atoms with E-state index >= 15 is 0 Å². The summed E-state index contributed by atoms with van der Waals surface area (Å²) < 4.78 is 24.9. The molecular weight excluding hydrogens is 375 g/mol. The lowest BCUT2D eigenvalue weighted by Crippen LogP contribution is -2.34. The molecule has 142 valence electrons. The van der Waals surface area contributed by atoms with E-state index in [0.29, 0.717) is 24.3 Å². The number of fused-ring (bicyclic) bond motifs is 1. The molecule has 0 saturated heterocycles. The summed E-state index contributed by atoms with van der Waals surface area (Å²) in [4.78, 5) is 16.5. The number of rotatable bonds is 5. The number of halogens is 2. The van der Waals surface area contributed by atoms with Gasteiger partial charge in [-0.25, -0.2) is 9.18 Å². The Morgan fingerprint density at radius 1 is 1.44 bits per heavy atom. The van der Waals surface area contributed by atoms with Crippen molar-refractivity contribution >= 4 is 29.6 Å². The third-order valence-electron chi connectivity index (χ3n) is 4.22. The zero-order chi connectivity index (χ0) is 19.4. The molecule has 0 bridgehead atoms. The van der Waals surface area contributed by atoms with Gasteiger partial charge in [-0.2, -0.15) is 0 Å². The molecular formula is C19H18ClFN2O4. The lowest BCUT2D eigenvalue weighted by molar-refractivity contribution is 0.0512. The van der Waals surface area contributed by atoms with Crippen LogP contribution >= 0.6 is 11.6 Å². The summed E-state index contributed by atoms with van der Waals surface area (Å²) in [5.74, 6) is -0.142. The third kappa shape index (κ3) is 4.37. The van der Waals surface area contributed by atoms with Crippen LogP contribution in [0.1, 0.15) is 22.4 Å². The number of hydrogen-bond donors (Lipinski definition) is 1. The minimum atomic E-state index is -0.971. The number of nitrogens with zero attached hydrogens (tertiary/aromatic N) is 2. The van der Waals surface area contributed by atoms with Crippen molar-refractivity contribution in [3.8, 4) is 5.75 Å². The number of methoxy groups -OCH3 is 1. The van der Waals surface area contributed by atoms with Crippen molar-refractivity contribution in [2.75, 3.05) is 20.4 Å². The molecule has 0 atom stereocenters. The smallest absolute Gasteiger partial charge is 0.407 e. The number of hydrogen-bond acceptors (Lipinski definition) is 4. The average Bonchev–Trinajstić information content (AvgIpc) is 2.67. The molecule has 0 aliphatic carbocycles. The van der Waals surface area contributed by atoms with Crippen LogP contribution in [-0.4, -0.2) is 41.5 Å². The fourth-order valence-electron chi connectivity index (χ4n) is 2.82. The number of carboxylic acid groups (broad SMARTS) is 1. The van der Waals surface area contributed by atoms with Crippen LogP contribution in [0, 0.1) is 0 Å². The molecule has 0 spiro atoms. The maximum atomic E-state index is 14.7. The predicted molar refractivity (Wildman–Crippen MR) is 99.3 cm³/mol. The van der Waals surface area contributed by atoms with Crippen molar-refractivity contribution in [1.82, 2.24) is 9.88 Å².